The highest BCUT2D eigenvalue weighted by Gasteiger charge is 2.46. The van der Waals surface area contributed by atoms with E-state index in [1.807, 2.05) is 0 Å². The third-order valence-electron chi connectivity index (χ3n) is 8.45. The first kappa shape index (κ1) is 32.0. The van der Waals surface area contributed by atoms with Crippen LogP contribution in [0.3, 0.4) is 0 Å². The van der Waals surface area contributed by atoms with Gasteiger partial charge in [-0.3, -0.25) is 9.59 Å². The van der Waals surface area contributed by atoms with Crippen molar-refractivity contribution < 1.29 is 41.3 Å². The summed E-state index contributed by atoms with van der Waals surface area (Å²) in [5, 5.41) is 16.7. The molecule has 3 amide bonds. The number of nitrogens with zero attached hydrogens (tertiary/aromatic N) is 7. The van der Waals surface area contributed by atoms with Crippen LogP contribution in [0, 0.1) is 12.8 Å². The normalized spacial score (nSPS) is 19.2. The van der Waals surface area contributed by atoms with Crippen molar-refractivity contribution in [1.82, 2.24) is 45.4 Å². The molecule has 18 heteroatoms. The largest absolute Gasteiger partial charge is 0.453 e. The quantitative estimate of drug-likeness (QED) is 0.350. The predicted octanol–water partition coefficient (Wildman–Crippen LogP) is 2.98. The fraction of sp³-hybridized carbons (Fsp3) is 0.630. The number of piperidine rings is 1. The van der Waals surface area contributed by atoms with E-state index in [1.54, 1.807) is 0 Å². The summed E-state index contributed by atoms with van der Waals surface area (Å²) >= 11 is 0. The van der Waals surface area contributed by atoms with Crippen LogP contribution in [0.1, 0.15) is 79.1 Å². The summed E-state index contributed by atoms with van der Waals surface area (Å²) in [7, 11) is 1.23. The monoisotopic (exact) mass is 639 g/mol. The van der Waals surface area contributed by atoms with Crippen molar-refractivity contribution in [2.75, 3.05) is 26.7 Å². The Morgan fingerprint density at radius 1 is 1.13 bits per heavy atom. The van der Waals surface area contributed by atoms with Gasteiger partial charge in [0.05, 0.1) is 48.9 Å². The van der Waals surface area contributed by atoms with Gasteiger partial charge in [-0.15, -0.1) is 0 Å². The van der Waals surface area contributed by atoms with Crippen molar-refractivity contribution in [3.8, 4) is 0 Å². The van der Waals surface area contributed by atoms with Crippen molar-refractivity contribution in [2.45, 2.75) is 75.7 Å². The number of imidazole rings is 1. The highest BCUT2D eigenvalue weighted by atomic mass is 19.3. The first-order chi connectivity index (χ1) is 21.2. The molecule has 2 fully saturated rings. The average molecular weight is 640 g/mol. The molecule has 2 aliphatic rings. The van der Waals surface area contributed by atoms with Crippen molar-refractivity contribution in [3.05, 3.63) is 35.2 Å². The van der Waals surface area contributed by atoms with Crippen molar-refractivity contribution >= 4 is 23.7 Å². The predicted molar refractivity (Wildman–Crippen MR) is 145 cm³/mol. The molecular weight excluding hydrogens is 606 g/mol. The van der Waals surface area contributed by atoms with Gasteiger partial charge >= 0.3 is 6.09 Å². The smallest absolute Gasteiger partial charge is 0.409 e. The summed E-state index contributed by atoms with van der Waals surface area (Å²) in [6, 6.07) is -0.830. The zero-order chi connectivity index (χ0) is 32.6. The molecule has 0 radical (unpaired) electrons. The Labute approximate surface area is 254 Å². The van der Waals surface area contributed by atoms with Gasteiger partial charge in [0.1, 0.15) is 5.69 Å². The Balaban J connectivity index is 1.48. The van der Waals surface area contributed by atoms with Gasteiger partial charge in [0, 0.05) is 32.9 Å². The maximum Gasteiger partial charge on any atom is 0.409 e. The van der Waals surface area contributed by atoms with E-state index in [2.05, 4.69) is 40.6 Å². The van der Waals surface area contributed by atoms with Gasteiger partial charge in [0.2, 0.25) is 11.8 Å². The van der Waals surface area contributed by atoms with E-state index in [9.17, 15) is 31.9 Å². The van der Waals surface area contributed by atoms with Crippen LogP contribution >= 0.6 is 0 Å². The molecular formula is C27H33F4N9O5. The minimum absolute atomic E-state index is 0.0329. The van der Waals surface area contributed by atoms with Gasteiger partial charge in [0.15, 0.2) is 5.69 Å². The second-order valence-corrected chi connectivity index (χ2v) is 11.7. The lowest BCUT2D eigenvalue weighted by molar-refractivity contribution is -0.130. The molecule has 1 aliphatic carbocycles. The number of nitrogens with one attached hydrogen (secondary N) is 2. The number of aryl methyl sites for hydroxylation is 1. The Morgan fingerprint density at radius 2 is 1.82 bits per heavy atom. The number of likely N-dealkylation sites (tertiary alicyclic amines) is 1. The molecule has 1 saturated carbocycles. The highest BCUT2D eigenvalue weighted by molar-refractivity contribution is 5.93. The van der Waals surface area contributed by atoms with Gasteiger partial charge in [0.25, 0.3) is 17.6 Å². The van der Waals surface area contributed by atoms with E-state index in [1.165, 1.54) is 35.8 Å². The fourth-order valence-corrected chi connectivity index (χ4v) is 5.85. The number of amides is 3. The number of rotatable bonds is 8. The number of carbonyl (C=O) groups is 3. The Bertz CT molecular complexity index is 1560. The number of carbonyl (C=O) groups excluding carboxylic acids is 3. The van der Waals surface area contributed by atoms with Crippen LogP contribution in [-0.4, -0.2) is 91.3 Å². The molecule has 3 aromatic rings. The Kier molecular flexibility index (Phi) is 8.68. The number of hydrogen-bond donors (Lipinski definition) is 2. The molecule has 14 nitrogen and oxygen atoms in total. The summed E-state index contributed by atoms with van der Waals surface area (Å²) in [4.78, 5) is 49.2. The lowest BCUT2D eigenvalue weighted by Crippen LogP contribution is -2.54. The third kappa shape index (κ3) is 6.83. The van der Waals surface area contributed by atoms with E-state index in [-0.39, 0.29) is 80.2 Å². The van der Waals surface area contributed by atoms with Gasteiger partial charge in [-0.25, -0.2) is 41.5 Å². The highest BCUT2D eigenvalue weighted by Crippen LogP contribution is 2.41. The Morgan fingerprint density at radius 3 is 2.42 bits per heavy atom. The summed E-state index contributed by atoms with van der Waals surface area (Å²) in [6.07, 6.45) is 1.82. The molecule has 1 saturated heterocycles. The van der Waals surface area contributed by atoms with E-state index >= 15 is 0 Å². The van der Waals surface area contributed by atoms with Crippen LogP contribution in [0.2, 0.25) is 0 Å². The lowest BCUT2D eigenvalue weighted by atomic mass is 9.75. The van der Waals surface area contributed by atoms with Crippen molar-refractivity contribution in [2.24, 2.45) is 5.92 Å². The number of halogens is 4. The van der Waals surface area contributed by atoms with E-state index < -0.39 is 53.7 Å². The summed E-state index contributed by atoms with van der Waals surface area (Å²) in [6.45, 7) is 1.49. The van der Waals surface area contributed by atoms with Gasteiger partial charge in [-0.1, -0.05) is 5.16 Å². The standard InChI is InChI=1S/C27H33F4N9O5/c1-15-19(38-45-37-15)21(41)36-20(16-4-6-27(30,31)7-5-16)17-13-40-23(34-17)35-18(12-33-40)26(22(42)32-14-25(2,28)29)8-10-39(11-9-26)24(43)44-3/h12-13,16,20H,4-11,14H2,1-3H3,(H,32,42)(H,36,41)/t20-/m0/s1. The number of ether oxygens (including phenoxy) is 1. The van der Waals surface area contributed by atoms with Crippen LogP contribution in [-0.2, 0) is 14.9 Å². The number of hydrogen-bond acceptors (Lipinski definition) is 10. The molecule has 45 heavy (non-hydrogen) atoms. The summed E-state index contributed by atoms with van der Waals surface area (Å²) in [5.41, 5.74) is -0.805. The molecule has 244 valence electrons. The zero-order valence-corrected chi connectivity index (χ0v) is 24.9. The molecule has 1 aliphatic heterocycles. The van der Waals surface area contributed by atoms with E-state index in [4.69, 9.17) is 4.74 Å². The second kappa shape index (κ2) is 12.2. The summed E-state index contributed by atoms with van der Waals surface area (Å²) < 4.78 is 66.1. The van der Waals surface area contributed by atoms with Gasteiger partial charge in [-0.2, -0.15) is 5.10 Å². The van der Waals surface area contributed by atoms with Crippen LogP contribution in [0.5, 0.6) is 0 Å². The maximum absolute atomic E-state index is 14.0. The van der Waals surface area contributed by atoms with E-state index in [0.29, 0.717) is 6.92 Å². The first-order valence-electron chi connectivity index (χ1n) is 14.4. The second-order valence-electron chi connectivity index (χ2n) is 11.7. The maximum atomic E-state index is 14.0. The van der Waals surface area contributed by atoms with Crippen LogP contribution < -0.4 is 10.6 Å². The molecule has 4 heterocycles. The minimum Gasteiger partial charge on any atom is -0.453 e. The minimum atomic E-state index is -3.17. The van der Waals surface area contributed by atoms with Crippen LogP contribution in [0.25, 0.3) is 5.78 Å². The summed E-state index contributed by atoms with van der Waals surface area (Å²) in [5.74, 6) is -7.69. The SMILES string of the molecule is COC(=O)N1CCC(C(=O)NCC(C)(F)F)(c2cnn3cc([C@@H](NC(=O)c4nonc4C)C4CCC(F)(F)CC4)nc3n2)CC1. The molecule has 0 aromatic carbocycles. The van der Waals surface area contributed by atoms with Crippen LogP contribution in [0.15, 0.2) is 17.0 Å². The number of methoxy groups -OCH3 is 1. The molecule has 3 aromatic heterocycles. The first-order valence-corrected chi connectivity index (χ1v) is 14.4. The fourth-order valence-electron chi connectivity index (χ4n) is 5.85. The van der Waals surface area contributed by atoms with Crippen molar-refractivity contribution in [3.63, 3.8) is 0 Å². The van der Waals surface area contributed by atoms with E-state index in [0.717, 1.165) is 0 Å². The van der Waals surface area contributed by atoms with Crippen LogP contribution in [0.4, 0.5) is 22.4 Å². The van der Waals surface area contributed by atoms with Gasteiger partial charge < -0.3 is 20.3 Å². The third-order valence-corrected chi connectivity index (χ3v) is 8.45. The molecule has 0 bridgehead atoms. The topological polar surface area (TPSA) is 170 Å². The van der Waals surface area contributed by atoms with Crippen molar-refractivity contribution in [1.29, 1.82) is 0 Å². The number of alkyl halides is 4. The molecule has 1 atom stereocenters. The van der Waals surface area contributed by atoms with Gasteiger partial charge in [-0.05, 0) is 43.7 Å². The lowest BCUT2D eigenvalue weighted by Gasteiger charge is -2.39. The average Bonchev–Trinajstić information content (AvgIpc) is 3.63. The number of aromatic nitrogens is 6. The molecule has 2 N–H and O–H groups in total. The molecule has 0 unspecified atom stereocenters. The zero-order valence-electron chi connectivity index (χ0n) is 24.9. The molecule has 0 spiro atoms. The molecule has 5 rings (SSSR count). The Hall–Kier alpha value is -4.38. The number of fused-ring (bicyclic) bond motifs is 1.